The summed E-state index contributed by atoms with van der Waals surface area (Å²) in [7, 11) is 0. The van der Waals surface area contributed by atoms with Gasteiger partial charge in [-0.15, -0.1) is 12.4 Å². The van der Waals surface area contributed by atoms with Crippen LogP contribution in [0.1, 0.15) is 21.5 Å². The number of carbonyl (C=O) groups is 1. The molecule has 0 radical (unpaired) electrons. The van der Waals surface area contributed by atoms with E-state index in [9.17, 15) is 4.79 Å². The van der Waals surface area contributed by atoms with Gasteiger partial charge in [-0.3, -0.25) is 0 Å². The smallest absolute Gasteiger partial charge is 0.343 e. The third kappa shape index (κ3) is 3.00. The molecule has 1 aliphatic carbocycles. The van der Waals surface area contributed by atoms with Crippen molar-refractivity contribution < 1.29 is 9.53 Å². The Hall–Kier alpha value is -1.84. The average molecular weight is 290 g/mol. The Morgan fingerprint density at radius 2 is 1.75 bits per heavy atom. The van der Waals surface area contributed by atoms with E-state index in [2.05, 4.69) is 0 Å². The zero-order valence-corrected chi connectivity index (χ0v) is 11.7. The first kappa shape index (κ1) is 14.6. The molecule has 0 aliphatic heterocycles. The van der Waals surface area contributed by atoms with E-state index in [-0.39, 0.29) is 24.4 Å². The maximum absolute atomic E-state index is 11.9. The van der Waals surface area contributed by atoms with Crippen LogP contribution in [0, 0.1) is 0 Å². The van der Waals surface area contributed by atoms with Crippen LogP contribution in [0.4, 0.5) is 0 Å². The molecule has 0 spiro atoms. The molecule has 0 amide bonds. The molecule has 2 aromatic rings. The summed E-state index contributed by atoms with van der Waals surface area (Å²) in [4.78, 5) is 11.9. The predicted molar refractivity (Wildman–Crippen MR) is 80.5 cm³/mol. The highest BCUT2D eigenvalue weighted by atomic mass is 35.5. The molecular formula is C16H16ClNO2. The van der Waals surface area contributed by atoms with Crippen molar-refractivity contribution in [3.05, 3.63) is 65.2 Å². The normalized spacial score (nSPS) is 16.1. The van der Waals surface area contributed by atoms with Gasteiger partial charge < -0.3 is 10.5 Å². The second-order valence-corrected chi connectivity index (χ2v) is 4.85. The van der Waals surface area contributed by atoms with Gasteiger partial charge in [0.05, 0.1) is 5.56 Å². The second kappa shape index (κ2) is 6.07. The maximum atomic E-state index is 11.9. The summed E-state index contributed by atoms with van der Waals surface area (Å²) in [5.74, 6) is 0.254. The SMILES string of the molecule is Cl.NC1Cc2ccc(OC(=O)c3ccccc3)cc2C1. The van der Waals surface area contributed by atoms with Gasteiger partial charge in [-0.1, -0.05) is 24.3 Å². The van der Waals surface area contributed by atoms with Crippen LogP contribution in [0.25, 0.3) is 0 Å². The average Bonchev–Trinajstić information content (AvgIpc) is 2.79. The Bertz CT molecular complexity index is 613. The van der Waals surface area contributed by atoms with Gasteiger partial charge in [-0.05, 0) is 48.2 Å². The Morgan fingerprint density at radius 3 is 2.50 bits per heavy atom. The number of hydrogen-bond acceptors (Lipinski definition) is 3. The third-order valence-corrected chi connectivity index (χ3v) is 3.36. The second-order valence-electron chi connectivity index (χ2n) is 4.85. The molecule has 0 heterocycles. The summed E-state index contributed by atoms with van der Waals surface area (Å²) in [5, 5.41) is 0. The van der Waals surface area contributed by atoms with E-state index in [1.165, 1.54) is 11.1 Å². The summed E-state index contributed by atoms with van der Waals surface area (Å²) < 4.78 is 5.38. The molecule has 0 bridgehead atoms. The molecule has 1 aliphatic rings. The number of benzene rings is 2. The molecule has 0 fully saturated rings. The summed E-state index contributed by atoms with van der Waals surface area (Å²) in [5.41, 5.74) is 8.92. The molecule has 2 N–H and O–H groups in total. The van der Waals surface area contributed by atoms with Gasteiger partial charge in [0.2, 0.25) is 0 Å². The fourth-order valence-corrected chi connectivity index (χ4v) is 2.43. The first-order chi connectivity index (χ1) is 9.22. The minimum atomic E-state index is -0.331. The highest BCUT2D eigenvalue weighted by molar-refractivity contribution is 5.91. The van der Waals surface area contributed by atoms with E-state index < -0.39 is 0 Å². The Balaban J connectivity index is 0.00000147. The highest BCUT2D eigenvalue weighted by Gasteiger charge is 2.19. The standard InChI is InChI=1S/C16H15NO2.ClH/c17-14-8-12-6-7-15(10-13(12)9-14)19-16(18)11-4-2-1-3-5-11;/h1-7,10,14H,8-9,17H2;1H. The number of halogens is 1. The van der Waals surface area contributed by atoms with Gasteiger partial charge in [0.1, 0.15) is 5.75 Å². The fraction of sp³-hybridized carbons (Fsp3) is 0.188. The van der Waals surface area contributed by atoms with E-state index in [1.807, 2.05) is 36.4 Å². The number of carbonyl (C=O) groups excluding carboxylic acids is 1. The van der Waals surface area contributed by atoms with Gasteiger partial charge in [-0.2, -0.15) is 0 Å². The van der Waals surface area contributed by atoms with E-state index >= 15 is 0 Å². The molecule has 0 saturated carbocycles. The van der Waals surface area contributed by atoms with Crippen LogP contribution < -0.4 is 10.5 Å². The summed E-state index contributed by atoms with van der Waals surface area (Å²) in [6.07, 6.45) is 1.76. The molecule has 1 unspecified atom stereocenters. The van der Waals surface area contributed by atoms with Crippen molar-refractivity contribution in [1.82, 2.24) is 0 Å². The van der Waals surface area contributed by atoms with Gasteiger partial charge >= 0.3 is 5.97 Å². The topological polar surface area (TPSA) is 52.3 Å². The van der Waals surface area contributed by atoms with Crippen LogP contribution in [0.15, 0.2) is 48.5 Å². The lowest BCUT2D eigenvalue weighted by Gasteiger charge is -2.06. The van der Waals surface area contributed by atoms with E-state index in [1.54, 1.807) is 12.1 Å². The summed E-state index contributed by atoms with van der Waals surface area (Å²) in [6, 6.07) is 14.9. The Kier molecular flexibility index (Phi) is 4.42. The van der Waals surface area contributed by atoms with Crippen molar-refractivity contribution in [1.29, 1.82) is 0 Å². The number of ether oxygens (including phenoxy) is 1. The molecular weight excluding hydrogens is 274 g/mol. The predicted octanol–water partition coefficient (Wildman–Crippen LogP) is 2.75. The van der Waals surface area contributed by atoms with Crippen molar-refractivity contribution >= 4 is 18.4 Å². The minimum absolute atomic E-state index is 0. The number of nitrogens with two attached hydrogens (primary N) is 1. The van der Waals surface area contributed by atoms with Crippen LogP contribution in [-0.4, -0.2) is 12.0 Å². The van der Waals surface area contributed by atoms with Gasteiger partial charge in [-0.25, -0.2) is 4.79 Å². The molecule has 4 heteroatoms. The van der Waals surface area contributed by atoms with Crippen LogP contribution in [0.3, 0.4) is 0 Å². The maximum Gasteiger partial charge on any atom is 0.343 e. The third-order valence-electron chi connectivity index (χ3n) is 3.36. The van der Waals surface area contributed by atoms with Crippen LogP contribution in [0.5, 0.6) is 5.75 Å². The van der Waals surface area contributed by atoms with Crippen molar-refractivity contribution in [2.75, 3.05) is 0 Å². The number of fused-ring (bicyclic) bond motifs is 1. The lowest BCUT2D eigenvalue weighted by atomic mass is 10.1. The van der Waals surface area contributed by atoms with Gasteiger partial charge in [0, 0.05) is 6.04 Å². The molecule has 2 aromatic carbocycles. The number of esters is 1. The first-order valence-electron chi connectivity index (χ1n) is 6.37. The zero-order chi connectivity index (χ0) is 13.2. The van der Waals surface area contributed by atoms with Crippen molar-refractivity contribution in [2.24, 2.45) is 5.73 Å². The Labute approximate surface area is 124 Å². The molecule has 104 valence electrons. The summed E-state index contributed by atoms with van der Waals surface area (Å²) in [6.45, 7) is 0. The number of hydrogen-bond donors (Lipinski definition) is 1. The van der Waals surface area contributed by atoms with Crippen LogP contribution in [-0.2, 0) is 12.8 Å². The van der Waals surface area contributed by atoms with E-state index in [4.69, 9.17) is 10.5 Å². The van der Waals surface area contributed by atoms with Crippen molar-refractivity contribution in [3.63, 3.8) is 0 Å². The fourth-order valence-electron chi connectivity index (χ4n) is 2.43. The summed E-state index contributed by atoms with van der Waals surface area (Å²) >= 11 is 0. The molecule has 20 heavy (non-hydrogen) atoms. The molecule has 1 atom stereocenters. The quantitative estimate of drug-likeness (QED) is 0.683. The van der Waals surface area contributed by atoms with E-state index in [0.29, 0.717) is 11.3 Å². The lowest BCUT2D eigenvalue weighted by Crippen LogP contribution is -2.18. The zero-order valence-electron chi connectivity index (χ0n) is 10.9. The van der Waals surface area contributed by atoms with Crippen LogP contribution >= 0.6 is 12.4 Å². The van der Waals surface area contributed by atoms with Gasteiger partial charge in [0.25, 0.3) is 0 Å². The molecule has 3 rings (SSSR count). The van der Waals surface area contributed by atoms with Crippen molar-refractivity contribution in [3.8, 4) is 5.75 Å². The molecule has 0 saturated heterocycles. The highest BCUT2D eigenvalue weighted by Crippen LogP contribution is 2.26. The molecule has 3 nitrogen and oxygen atoms in total. The van der Waals surface area contributed by atoms with Crippen molar-refractivity contribution in [2.45, 2.75) is 18.9 Å². The lowest BCUT2D eigenvalue weighted by molar-refractivity contribution is 0.0734. The van der Waals surface area contributed by atoms with Crippen LogP contribution in [0.2, 0.25) is 0 Å². The minimum Gasteiger partial charge on any atom is -0.423 e. The Morgan fingerprint density at radius 1 is 1.05 bits per heavy atom. The van der Waals surface area contributed by atoms with E-state index in [0.717, 1.165) is 12.8 Å². The van der Waals surface area contributed by atoms with Gasteiger partial charge in [0.15, 0.2) is 0 Å². The number of rotatable bonds is 2. The monoisotopic (exact) mass is 289 g/mol. The molecule has 0 aromatic heterocycles. The largest absolute Gasteiger partial charge is 0.423 e. The first-order valence-corrected chi connectivity index (χ1v) is 6.37.